The molecule has 0 aliphatic carbocycles. The number of unbranched alkanes of at least 4 members (excludes halogenated alkanes) is 7. The predicted molar refractivity (Wildman–Crippen MR) is 123 cm³/mol. The van der Waals surface area contributed by atoms with E-state index in [9.17, 15) is 0 Å². The van der Waals surface area contributed by atoms with Crippen LogP contribution < -0.4 is 4.74 Å². The number of ether oxygens (including phenoxy) is 1. The Morgan fingerprint density at radius 2 is 1.52 bits per heavy atom. The highest BCUT2D eigenvalue weighted by atomic mass is 16.5. The van der Waals surface area contributed by atoms with E-state index < -0.39 is 0 Å². The minimum atomic E-state index is 0.791. The summed E-state index contributed by atoms with van der Waals surface area (Å²) in [6.45, 7) is 5.29. The molecule has 1 heterocycles. The Kier molecular flexibility index (Phi) is 8.60. The molecule has 1 aromatic heterocycles. The Morgan fingerprint density at radius 1 is 0.793 bits per heavy atom. The maximum Gasteiger partial charge on any atom is 0.120 e. The lowest BCUT2D eigenvalue weighted by Gasteiger charge is -2.05. The van der Waals surface area contributed by atoms with Crippen LogP contribution in [0.5, 0.6) is 5.75 Å². The zero-order valence-corrected chi connectivity index (χ0v) is 18.2. The van der Waals surface area contributed by atoms with Gasteiger partial charge in [0, 0.05) is 11.6 Å². The van der Waals surface area contributed by atoms with Gasteiger partial charge in [-0.1, -0.05) is 70.9 Å². The largest absolute Gasteiger partial charge is 0.494 e. The summed E-state index contributed by atoms with van der Waals surface area (Å²) in [7, 11) is 0. The number of hydrogen-bond acceptors (Lipinski definition) is 2. The van der Waals surface area contributed by atoms with Crippen molar-refractivity contribution in [2.24, 2.45) is 0 Å². The predicted octanol–water partition coefficient (Wildman–Crippen LogP) is 7.50. The lowest BCUT2D eigenvalue weighted by molar-refractivity contribution is 0.305. The van der Waals surface area contributed by atoms with Crippen LogP contribution in [0, 0.1) is 0 Å². The summed E-state index contributed by atoms with van der Waals surface area (Å²) < 4.78 is 7.89. The molecule has 0 spiro atoms. The molecule has 0 saturated heterocycles. The minimum Gasteiger partial charge on any atom is -0.494 e. The van der Waals surface area contributed by atoms with Gasteiger partial charge in [-0.15, -0.1) is 0 Å². The molecular weight excluding hydrogens is 356 g/mol. The number of rotatable bonds is 13. The first-order chi connectivity index (χ1) is 14.3. The standard InChI is InChI=1S/C26H36N2O/c1-3-5-7-9-10-12-22-13-15-24(16-14-22)28-21-23-20-25(17-18-26(23)27-28)29-19-11-8-6-4-2/h13-18,20-21H,3-12,19H2,1-2H3. The highest BCUT2D eigenvalue weighted by molar-refractivity contribution is 5.80. The first-order valence-electron chi connectivity index (χ1n) is 11.5. The van der Waals surface area contributed by atoms with Gasteiger partial charge in [0.15, 0.2) is 0 Å². The molecule has 0 fully saturated rings. The van der Waals surface area contributed by atoms with Crippen molar-refractivity contribution in [2.45, 2.75) is 78.1 Å². The molecule has 0 bridgehead atoms. The fourth-order valence-corrected chi connectivity index (χ4v) is 3.69. The lowest BCUT2D eigenvalue weighted by Crippen LogP contribution is -1.96. The van der Waals surface area contributed by atoms with Gasteiger partial charge in [-0.05, 0) is 55.2 Å². The first-order valence-corrected chi connectivity index (χ1v) is 11.5. The highest BCUT2D eigenvalue weighted by Gasteiger charge is 2.05. The van der Waals surface area contributed by atoms with Crippen LogP contribution in [0.15, 0.2) is 48.7 Å². The van der Waals surface area contributed by atoms with E-state index in [0.717, 1.165) is 35.4 Å². The maximum absolute atomic E-state index is 5.92. The highest BCUT2D eigenvalue weighted by Crippen LogP contribution is 2.22. The fourth-order valence-electron chi connectivity index (χ4n) is 3.69. The zero-order chi connectivity index (χ0) is 20.3. The third-order valence-corrected chi connectivity index (χ3v) is 5.51. The first kappa shape index (κ1) is 21.4. The van der Waals surface area contributed by atoms with Crippen molar-refractivity contribution >= 4 is 10.9 Å². The minimum absolute atomic E-state index is 0.791. The van der Waals surface area contributed by atoms with Crippen LogP contribution in [-0.2, 0) is 6.42 Å². The molecule has 2 aromatic carbocycles. The van der Waals surface area contributed by atoms with E-state index in [0.29, 0.717) is 0 Å². The van der Waals surface area contributed by atoms with Crippen molar-refractivity contribution in [3.8, 4) is 11.4 Å². The molecule has 3 rings (SSSR count). The molecule has 29 heavy (non-hydrogen) atoms. The van der Waals surface area contributed by atoms with E-state index in [-0.39, 0.29) is 0 Å². The Hall–Kier alpha value is -2.29. The van der Waals surface area contributed by atoms with Crippen molar-refractivity contribution in [3.63, 3.8) is 0 Å². The SMILES string of the molecule is CCCCCCCc1ccc(-n2cc3cc(OCCCCCC)ccc3n2)cc1. The molecule has 3 aromatic rings. The molecule has 0 atom stereocenters. The van der Waals surface area contributed by atoms with E-state index in [1.807, 2.05) is 10.7 Å². The number of hydrogen-bond donors (Lipinski definition) is 0. The van der Waals surface area contributed by atoms with Gasteiger partial charge in [-0.3, -0.25) is 0 Å². The van der Waals surface area contributed by atoms with Gasteiger partial charge in [0.2, 0.25) is 0 Å². The number of aryl methyl sites for hydroxylation is 1. The molecular formula is C26H36N2O. The molecule has 156 valence electrons. The van der Waals surface area contributed by atoms with E-state index in [1.165, 1.54) is 63.4 Å². The molecule has 0 unspecified atom stereocenters. The van der Waals surface area contributed by atoms with Crippen LogP contribution >= 0.6 is 0 Å². The van der Waals surface area contributed by atoms with Crippen LogP contribution in [0.1, 0.15) is 77.2 Å². The third-order valence-electron chi connectivity index (χ3n) is 5.51. The molecule has 0 saturated carbocycles. The average molecular weight is 393 g/mol. The van der Waals surface area contributed by atoms with Crippen LogP contribution in [0.4, 0.5) is 0 Å². The topological polar surface area (TPSA) is 27.1 Å². The second-order valence-electron chi connectivity index (χ2n) is 8.03. The van der Waals surface area contributed by atoms with Crippen molar-refractivity contribution in [2.75, 3.05) is 6.61 Å². The molecule has 3 heteroatoms. The zero-order valence-electron chi connectivity index (χ0n) is 18.2. The van der Waals surface area contributed by atoms with Crippen molar-refractivity contribution in [3.05, 3.63) is 54.2 Å². The third kappa shape index (κ3) is 6.62. The van der Waals surface area contributed by atoms with Crippen molar-refractivity contribution < 1.29 is 4.74 Å². The Balaban J connectivity index is 1.56. The average Bonchev–Trinajstić information content (AvgIpc) is 3.17. The summed E-state index contributed by atoms with van der Waals surface area (Å²) in [6, 6.07) is 15.0. The van der Waals surface area contributed by atoms with Gasteiger partial charge in [0.05, 0.1) is 17.8 Å². The summed E-state index contributed by atoms with van der Waals surface area (Å²) in [5.41, 5.74) is 3.53. The molecule has 3 nitrogen and oxygen atoms in total. The summed E-state index contributed by atoms with van der Waals surface area (Å²) in [6.07, 6.45) is 14.8. The Morgan fingerprint density at radius 3 is 2.28 bits per heavy atom. The Bertz CT molecular complexity index is 851. The van der Waals surface area contributed by atoms with Crippen LogP contribution in [0.2, 0.25) is 0 Å². The summed E-state index contributed by atoms with van der Waals surface area (Å²) >= 11 is 0. The van der Waals surface area contributed by atoms with Crippen LogP contribution in [0.3, 0.4) is 0 Å². The van der Waals surface area contributed by atoms with Gasteiger partial charge in [-0.25, -0.2) is 4.68 Å². The second-order valence-corrected chi connectivity index (χ2v) is 8.03. The van der Waals surface area contributed by atoms with E-state index in [4.69, 9.17) is 9.84 Å². The molecule has 0 amide bonds. The van der Waals surface area contributed by atoms with Crippen molar-refractivity contribution in [1.82, 2.24) is 9.78 Å². The number of benzene rings is 2. The maximum atomic E-state index is 5.92. The van der Waals surface area contributed by atoms with E-state index in [2.05, 4.69) is 56.4 Å². The molecule has 0 aliphatic heterocycles. The molecule has 0 aliphatic rings. The normalized spacial score (nSPS) is 11.2. The lowest BCUT2D eigenvalue weighted by atomic mass is 10.1. The number of fused-ring (bicyclic) bond motifs is 1. The number of aromatic nitrogens is 2. The van der Waals surface area contributed by atoms with Gasteiger partial charge < -0.3 is 4.74 Å². The summed E-state index contributed by atoms with van der Waals surface area (Å²) in [5.74, 6) is 0.937. The summed E-state index contributed by atoms with van der Waals surface area (Å²) in [4.78, 5) is 0. The van der Waals surface area contributed by atoms with Crippen LogP contribution in [-0.4, -0.2) is 16.4 Å². The van der Waals surface area contributed by atoms with Gasteiger partial charge in [0.1, 0.15) is 5.75 Å². The monoisotopic (exact) mass is 392 g/mol. The van der Waals surface area contributed by atoms with Gasteiger partial charge in [0.25, 0.3) is 0 Å². The molecule has 0 N–H and O–H groups in total. The van der Waals surface area contributed by atoms with E-state index in [1.54, 1.807) is 0 Å². The fraction of sp³-hybridized carbons (Fsp3) is 0.500. The Labute approximate surface area is 176 Å². The quantitative estimate of drug-likeness (QED) is 0.282. The van der Waals surface area contributed by atoms with Crippen LogP contribution in [0.25, 0.3) is 16.6 Å². The smallest absolute Gasteiger partial charge is 0.120 e. The van der Waals surface area contributed by atoms with Gasteiger partial charge >= 0.3 is 0 Å². The second kappa shape index (κ2) is 11.6. The van der Waals surface area contributed by atoms with Gasteiger partial charge in [-0.2, -0.15) is 5.10 Å². The van der Waals surface area contributed by atoms with Crippen molar-refractivity contribution in [1.29, 1.82) is 0 Å². The number of nitrogens with zero attached hydrogens (tertiary/aromatic N) is 2. The van der Waals surface area contributed by atoms with E-state index >= 15 is 0 Å². The molecule has 0 radical (unpaired) electrons. The summed E-state index contributed by atoms with van der Waals surface area (Å²) in [5, 5.41) is 5.85.